The van der Waals surface area contributed by atoms with Crippen LogP contribution in [0.1, 0.15) is 17.3 Å². The van der Waals surface area contributed by atoms with Crippen LogP contribution in [0.25, 0.3) is 10.1 Å². The first kappa shape index (κ1) is 11.4. The quantitative estimate of drug-likeness (QED) is 0.756. The Bertz CT molecular complexity index is 629. The van der Waals surface area contributed by atoms with Gasteiger partial charge in [0.05, 0.1) is 17.9 Å². The molecule has 0 aliphatic heterocycles. The first-order chi connectivity index (χ1) is 8.88. The Balaban J connectivity index is 1.91. The van der Waals surface area contributed by atoms with Crippen LogP contribution in [0.15, 0.2) is 35.8 Å². The lowest BCUT2D eigenvalue weighted by Gasteiger charge is -2.12. The van der Waals surface area contributed by atoms with Gasteiger partial charge in [0.15, 0.2) is 0 Å². The van der Waals surface area contributed by atoms with Gasteiger partial charge in [-0.3, -0.25) is 0 Å². The monoisotopic (exact) mass is 258 g/mol. The number of aromatic amines is 1. The third-order valence-corrected chi connectivity index (χ3v) is 4.14. The molecule has 0 amide bonds. The minimum absolute atomic E-state index is 0.196. The fraction of sp³-hybridized carbons (Fsp3) is 0.231. The largest absolute Gasteiger partial charge is 0.311 e. The van der Waals surface area contributed by atoms with Gasteiger partial charge < -0.3 is 5.32 Å². The second kappa shape index (κ2) is 4.88. The summed E-state index contributed by atoms with van der Waals surface area (Å²) < 4.78 is 1.34. The molecule has 0 radical (unpaired) electrons. The van der Waals surface area contributed by atoms with E-state index in [0.29, 0.717) is 0 Å². The fourth-order valence-corrected chi connectivity index (χ4v) is 3.12. The second-order valence-electron chi connectivity index (χ2n) is 4.20. The van der Waals surface area contributed by atoms with Crippen molar-refractivity contribution >= 4 is 21.4 Å². The molecule has 0 spiro atoms. The molecular weight excluding hydrogens is 244 g/mol. The maximum atomic E-state index is 4.15. The van der Waals surface area contributed by atoms with Crippen LogP contribution in [-0.4, -0.2) is 22.5 Å². The van der Waals surface area contributed by atoms with E-state index in [-0.39, 0.29) is 6.04 Å². The molecule has 4 nitrogen and oxygen atoms in total. The lowest BCUT2D eigenvalue weighted by atomic mass is 10.0. The molecule has 0 bridgehead atoms. The molecule has 92 valence electrons. The zero-order chi connectivity index (χ0) is 12.4. The van der Waals surface area contributed by atoms with Crippen molar-refractivity contribution in [1.29, 1.82) is 0 Å². The molecule has 3 rings (SSSR count). The number of nitrogens with one attached hydrogen (secondary N) is 2. The summed E-state index contributed by atoms with van der Waals surface area (Å²) in [5.41, 5.74) is 2.31. The first-order valence-electron chi connectivity index (χ1n) is 5.86. The van der Waals surface area contributed by atoms with Crippen LogP contribution < -0.4 is 5.32 Å². The number of hydrogen-bond acceptors (Lipinski definition) is 4. The average Bonchev–Trinajstić information content (AvgIpc) is 3.06. The molecule has 1 aromatic carbocycles. The topological polar surface area (TPSA) is 53.6 Å². The van der Waals surface area contributed by atoms with Crippen LogP contribution in [0.2, 0.25) is 0 Å². The minimum atomic E-state index is 0.196. The SMILES string of the molecule is CNC(Cc1csc2ccccc12)c1cn[nH]n1. The predicted octanol–water partition coefficient (Wildman–Crippen LogP) is 2.52. The van der Waals surface area contributed by atoms with Crippen molar-refractivity contribution in [2.45, 2.75) is 12.5 Å². The van der Waals surface area contributed by atoms with Crippen molar-refractivity contribution in [3.63, 3.8) is 0 Å². The molecule has 0 saturated carbocycles. The first-order valence-corrected chi connectivity index (χ1v) is 6.74. The summed E-state index contributed by atoms with van der Waals surface area (Å²) in [5.74, 6) is 0. The number of likely N-dealkylation sites (N-methyl/N-ethyl adjacent to an activating group) is 1. The van der Waals surface area contributed by atoms with E-state index in [4.69, 9.17) is 0 Å². The summed E-state index contributed by atoms with van der Waals surface area (Å²) in [4.78, 5) is 0. The highest BCUT2D eigenvalue weighted by Crippen LogP contribution is 2.28. The van der Waals surface area contributed by atoms with Crippen LogP contribution in [0, 0.1) is 0 Å². The van der Waals surface area contributed by atoms with Gasteiger partial charge in [0.1, 0.15) is 0 Å². The van der Waals surface area contributed by atoms with E-state index in [1.54, 1.807) is 17.5 Å². The molecule has 2 heterocycles. The van der Waals surface area contributed by atoms with Gasteiger partial charge in [0.2, 0.25) is 0 Å². The molecule has 2 N–H and O–H groups in total. The number of benzene rings is 1. The lowest BCUT2D eigenvalue weighted by Crippen LogP contribution is -2.19. The Kier molecular flexibility index (Phi) is 3.08. The Hall–Kier alpha value is -1.72. The second-order valence-corrected chi connectivity index (χ2v) is 5.11. The zero-order valence-electron chi connectivity index (χ0n) is 10.1. The van der Waals surface area contributed by atoms with Crippen LogP contribution in [0.3, 0.4) is 0 Å². The molecule has 0 aliphatic carbocycles. The lowest BCUT2D eigenvalue weighted by molar-refractivity contribution is 0.576. The van der Waals surface area contributed by atoms with E-state index in [1.807, 2.05) is 7.05 Å². The molecular formula is C13H14N4S. The van der Waals surface area contributed by atoms with Crippen LogP contribution >= 0.6 is 11.3 Å². The Morgan fingerprint density at radius 2 is 2.28 bits per heavy atom. The van der Waals surface area contributed by atoms with Gasteiger partial charge in [-0.25, -0.2) is 0 Å². The van der Waals surface area contributed by atoms with E-state index in [1.165, 1.54) is 15.6 Å². The highest BCUT2D eigenvalue weighted by Gasteiger charge is 2.15. The molecule has 0 aliphatic rings. The number of H-pyrrole nitrogens is 1. The fourth-order valence-electron chi connectivity index (χ4n) is 2.14. The third-order valence-electron chi connectivity index (χ3n) is 3.12. The summed E-state index contributed by atoms with van der Waals surface area (Å²) >= 11 is 1.79. The molecule has 2 aromatic heterocycles. The summed E-state index contributed by atoms with van der Waals surface area (Å²) in [6.45, 7) is 0. The molecule has 3 aromatic rings. The minimum Gasteiger partial charge on any atom is -0.311 e. The molecule has 1 unspecified atom stereocenters. The van der Waals surface area contributed by atoms with Crippen molar-refractivity contribution < 1.29 is 0 Å². The summed E-state index contributed by atoms with van der Waals surface area (Å²) in [5, 5.41) is 17.5. The summed E-state index contributed by atoms with van der Waals surface area (Å²) in [6, 6.07) is 8.70. The third kappa shape index (κ3) is 2.02. The van der Waals surface area contributed by atoms with Crippen molar-refractivity contribution in [2.75, 3.05) is 7.05 Å². The Morgan fingerprint density at radius 1 is 1.39 bits per heavy atom. The van der Waals surface area contributed by atoms with E-state index in [9.17, 15) is 0 Å². The number of rotatable bonds is 4. The summed E-state index contributed by atoms with van der Waals surface area (Å²) in [7, 11) is 1.95. The predicted molar refractivity (Wildman–Crippen MR) is 73.7 cm³/mol. The molecule has 0 fully saturated rings. The normalized spacial score (nSPS) is 12.9. The van der Waals surface area contributed by atoms with Crippen LogP contribution in [0.5, 0.6) is 0 Å². The van der Waals surface area contributed by atoms with E-state index >= 15 is 0 Å². The van der Waals surface area contributed by atoms with Crippen LogP contribution in [0.4, 0.5) is 0 Å². The standard InChI is InChI=1S/C13H14N4S/c1-14-11(12-7-15-17-16-12)6-9-8-18-13-5-3-2-4-10(9)13/h2-5,7-8,11,14H,6H2,1H3,(H,15,16,17). The van der Waals surface area contributed by atoms with E-state index in [0.717, 1.165) is 12.1 Å². The number of aromatic nitrogens is 3. The van der Waals surface area contributed by atoms with Gasteiger partial charge >= 0.3 is 0 Å². The van der Waals surface area contributed by atoms with Crippen LogP contribution in [-0.2, 0) is 6.42 Å². The molecule has 18 heavy (non-hydrogen) atoms. The smallest absolute Gasteiger partial charge is 0.0997 e. The van der Waals surface area contributed by atoms with Gasteiger partial charge in [-0.1, -0.05) is 18.2 Å². The van der Waals surface area contributed by atoms with Gasteiger partial charge in [0, 0.05) is 4.70 Å². The Labute approximate surface area is 109 Å². The number of thiophene rings is 1. The van der Waals surface area contributed by atoms with Gasteiger partial charge in [-0.15, -0.1) is 11.3 Å². The van der Waals surface area contributed by atoms with Crippen molar-refractivity contribution in [2.24, 2.45) is 0 Å². The molecule has 0 saturated heterocycles. The van der Waals surface area contributed by atoms with E-state index < -0.39 is 0 Å². The number of nitrogens with zero attached hydrogens (tertiary/aromatic N) is 2. The molecule has 1 atom stereocenters. The van der Waals surface area contributed by atoms with Crippen molar-refractivity contribution in [1.82, 2.24) is 20.7 Å². The highest BCUT2D eigenvalue weighted by molar-refractivity contribution is 7.17. The average molecular weight is 258 g/mol. The van der Waals surface area contributed by atoms with Gasteiger partial charge in [-0.2, -0.15) is 15.4 Å². The van der Waals surface area contributed by atoms with Crippen molar-refractivity contribution in [3.8, 4) is 0 Å². The molecule has 5 heteroatoms. The summed E-state index contributed by atoms with van der Waals surface area (Å²) in [6.07, 6.45) is 2.70. The van der Waals surface area contributed by atoms with Crippen molar-refractivity contribution in [3.05, 3.63) is 47.1 Å². The van der Waals surface area contributed by atoms with Gasteiger partial charge in [0.25, 0.3) is 0 Å². The maximum absolute atomic E-state index is 4.15. The van der Waals surface area contributed by atoms with Gasteiger partial charge in [-0.05, 0) is 35.9 Å². The maximum Gasteiger partial charge on any atom is 0.0997 e. The van der Waals surface area contributed by atoms with E-state index in [2.05, 4.69) is 50.4 Å². The number of hydrogen-bond donors (Lipinski definition) is 2. The number of fused-ring (bicyclic) bond motifs is 1. The Morgan fingerprint density at radius 3 is 3.06 bits per heavy atom. The highest BCUT2D eigenvalue weighted by atomic mass is 32.1. The zero-order valence-corrected chi connectivity index (χ0v) is 10.9.